The van der Waals surface area contributed by atoms with Crippen molar-refractivity contribution in [2.24, 2.45) is 0 Å². The predicted molar refractivity (Wildman–Crippen MR) is 149 cm³/mol. The highest BCUT2D eigenvalue weighted by Crippen LogP contribution is 2.34. The summed E-state index contributed by atoms with van der Waals surface area (Å²) in [6, 6.07) is 28.1. The fraction of sp³-hybridized carbons (Fsp3) is 0.419. The summed E-state index contributed by atoms with van der Waals surface area (Å²) in [6.07, 6.45) is 3.19. The molecule has 3 aromatic carbocycles. The van der Waals surface area contributed by atoms with Crippen LogP contribution in [0.4, 0.5) is 5.69 Å². The average molecular weight is 521 g/mol. The molecule has 0 aromatic heterocycles. The second kappa shape index (κ2) is 12.8. The van der Waals surface area contributed by atoms with E-state index in [1.54, 1.807) is 0 Å². The molecule has 0 amide bonds. The first kappa shape index (κ1) is 26.1. The van der Waals surface area contributed by atoms with Crippen molar-refractivity contribution in [1.29, 1.82) is 0 Å². The van der Waals surface area contributed by atoms with Crippen LogP contribution in [0.25, 0.3) is 0 Å². The molecule has 6 heteroatoms. The molecule has 5 nitrogen and oxygen atoms in total. The van der Waals surface area contributed by atoms with Crippen LogP contribution in [0, 0.1) is 0 Å². The standard InChI is InChI=1S/C31H37ClN2O3/c1-24-21-34(28-14-16-29(17-15-28)35-19-20-37-31-9-5-6-18-36-31)30(26-10-12-27(32)13-11-26)23-33(24)22-25-7-3-2-4-8-25/h2-4,7-8,10-17,24,30-31H,5-6,9,18-23H2,1H3/t24?,30-,31?/m0/s1. The van der Waals surface area contributed by atoms with Crippen molar-refractivity contribution >= 4 is 17.3 Å². The van der Waals surface area contributed by atoms with Gasteiger partial charge in [-0.2, -0.15) is 0 Å². The molecule has 0 radical (unpaired) electrons. The van der Waals surface area contributed by atoms with E-state index in [0.717, 1.165) is 49.9 Å². The topological polar surface area (TPSA) is 34.2 Å². The summed E-state index contributed by atoms with van der Waals surface area (Å²) in [6.45, 7) is 6.99. The number of halogens is 1. The molecule has 2 aliphatic rings. The zero-order valence-corrected chi connectivity index (χ0v) is 22.4. The zero-order chi connectivity index (χ0) is 25.5. The minimum atomic E-state index is -0.0768. The maximum Gasteiger partial charge on any atom is 0.157 e. The van der Waals surface area contributed by atoms with Crippen LogP contribution in [0.1, 0.15) is 43.4 Å². The SMILES string of the molecule is CC1CN(c2ccc(OCCOC3CCCCO3)cc2)[C@H](c2ccc(Cl)cc2)CN1Cc1ccccc1. The minimum absolute atomic E-state index is 0.0768. The van der Waals surface area contributed by atoms with Gasteiger partial charge < -0.3 is 19.1 Å². The quantitative estimate of drug-likeness (QED) is 0.293. The molecule has 0 N–H and O–H groups in total. The number of rotatable bonds is 9. The van der Waals surface area contributed by atoms with Gasteiger partial charge in [-0.05, 0) is 73.7 Å². The van der Waals surface area contributed by atoms with Crippen molar-refractivity contribution < 1.29 is 14.2 Å². The van der Waals surface area contributed by atoms with Gasteiger partial charge in [-0.15, -0.1) is 0 Å². The first-order valence-electron chi connectivity index (χ1n) is 13.4. The third-order valence-electron chi connectivity index (χ3n) is 7.31. The number of hydrogen-bond donors (Lipinski definition) is 0. The van der Waals surface area contributed by atoms with Gasteiger partial charge in [0.2, 0.25) is 0 Å². The van der Waals surface area contributed by atoms with Crippen LogP contribution in [0.3, 0.4) is 0 Å². The van der Waals surface area contributed by atoms with Crippen molar-refractivity contribution in [1.82, 2.24) is 4.90 Å². The second-order valence-electron chi connectivity index (χ2n) is 9.99. The third-order valence-corrected chi connectivity index (χ3v) is 7.57. The summed E-state index contributed by atoms with van der Waals surface area (Å²) in [5.41, 5.74) is 3.82. The molecule has 2 aliphatic heterocycles. The molecule has 0 bridgehead atoms. The fourth-order valence-electron chi connectivity index (χ4n) is 5.24. The summed E-state index contributed by atoms with van der Waals surface area (Å²) in [7, 11) is 0. The summed E-state index contributed by atoms with van der Waals surface area (Å²) in [5, 5.41) is 0.765. The van der Waals surface area contributed by atoms with E-state index in [0.29, 0.717) is 19.3 Å². The van der Waals surface area contributed by atoms with Crippen LogP contribution in [0.2, 0.25) is 5.02 Å². The third kappa shape index (κ3) is 7.05. The number of nitrogens with zero attached hydrogens (tertiary/aromatic N) is 2. The zero-order valence-electron chi connectivity index (χ0n) is 21.6. The number of piperazine rings is 1. The maximum atomic E-state index is 6.22. The highest BCUT2D eigenvalue weighted by Gasteiger charge is 2.32. The largest absolute Gasteiger partial charge is 0.491 e. The van der Waals surface area contributed by atoms with E-state index in [-0.39, 0.29) is 12.3 Å². The predicted octanol–water partition coefficient (Wildman–Crippen LogP) is 6.71. The van der Waals surface area contributed by atoms with Crippen LogP contribution >= 0.6 is 11.6 Å². The van der Waals surface area contributed by atoms with Gasteiger partial charge in [-0.25, -0.2) is 0 Å². The molecule has 2 unspecified atom stereocenters. The lowest BCUT2D eigenvalue weighted by Crippen LogP contribution is -2.53. The Morgan fingerprint density at radius 3 is 2.41 bits per heavy atom. The van der Waals surface area contributed by atoms with Crippen molar-refractivity contribution in [2.75, 3.05) is 37.8 Å². The number of hydrogen-bond acceptors (Lipinski definition) is 5. The highest BCUT2D eigenvalue weighted by molar-refractivity contribution is 6.30. The van der Waals surface area contributed by atoms with E-state index in [9.17, 15) is 0 Å². The van der Waals surface area contributed by atoms with Crippen molar-refractivity contribution in [3.8, 4) is 5.75 Å². The van der Waals surface area contributed by atoms with Crippen molar-refractivity contribution in [2.45, 2.75) is 51.1 Å². The molecule has 0 saturated carbocycles. The van der Waals surface area contributed by atoms with Crippen LogP contribution in [0.15, 0.2) is 78.9 Å². The van der Waals surface area contributed by atoms with Crippen LogP contribution in [-0.2, 0) is 16.0 Å². The summed E-state index contributed by atoms with van der Waals surface area (Å²) in [5.74, 6) is 0.857. The minimum Gasteiger partial charge on any atom is -0.491 e. The molecule has 0 aliphatic carbocycles. The van der Waals surface area contributed by atoms with Crippen LogP contribution in [-0.4, -0.2) is 50.1 Å². The van der Waals surface area contributed by atoms with E-state index < -0.39 is 0 Å². The molecule has 5 rings (SSSR count). The summed E-state index contributed by atoms with van der Waals surface area (Å²) >= 11 is 6.22. The first-order valence-corrected chi connectivity index (χ1v) is 13.8. The van der Waals surface area contributed by atoms with E-state index >= 15 is 0 Å². The van der Waals surface area contributed by atoms with Gasteiger partial charge in [0.15, 0.2) is 6.29 Å². The van der Waals surface area contributed by atoms with Crippen molar-refractivity contribution in [3.05, 3.63) is 95.0 Å². The molecule has 196 valence electrons. The lowest BCUT2D eigenvalue weighted by Gasteiger charge is -2.47. The molecule has 3 aromatic rings. The molecule has 2 heterocycles. The molecule has 2 fully saturated rings. The first-order chi connectivity index (χ1) is 18.2. The molecule has 2 saturated heterocycles. The van der Waals surface area contributed by atoms with Crippen LogP contribution in [0.5, 0.6) is 5.75 Å². The van der Waals surface area contributed by atoms with Crippen LogP contribution < -0.4 is 9.64 Å². The Bertz CT molecular complexity index is 1090. The van der Waals surface area contributed by atoms with Gasteiger partial charge in [-0.1, -0.05) is 54.1 Å². The second-order valence-corrected chi connectivity index (χ2v) is 10.4. The summed E-state index contributed by atoms with van der Waals surface area (Å²) in [4.78, 5) is 5.10. The lowest BCUT2D eigenvalue weighted by molar-refractivity contribution is -0.165. The highest BCUT2D eigenvalue weighted by atomic mass is 35.5. The van der Waals surface area contributed by atoms with E-state index in [4.69, 9.17) is 25.8 Å². The normalized spacial score (nSPS) is 22.6. The van der Waals surface area contributed by atoms with Crippen molar-refractivity contribution in [3.63, 3.8) is 0 Å². The molecule has 3 atom stereocenters. The number of benzene rings is 3. The van der Waals surface area contributed by atoms with Gasteiger partial charge in [0.1, 0.15) is 12.4 Å². The fourth-order valence-corrected chi connectivity index (χ4v) is 5.36. The Kier molecular flexibility index (Phi) is 9.01. The monoisotopic (exact) mass is 520 g/mol. The lowest BCUT2D eigenvalue weighted by atomic mass is 9.98. The average Bonchev–Trinajstić information content (AvgIpc) is 2.94. The number of anilines is 1. The van der Waals surface area contributed by atoms with Gasteiger partial charge in [-0.3, -0.25) is 4.90 Å². The Hall–Kier alpha value is -2.57. The molecule has 37 heavy (non-hydrogen) atoms. The Morgan fingerprint density at radius 2 is 1.68 bits per heavy atom. The van der Waals surface area contributed by atoms with Gasteiger partial charge in [0.25, 0.3) is 0 Å². The Balaban J connectivity index is 1.25. The van der Waals surface area contributed by atoms with E-state index in [2.05, 4.69) is 83.5 Å². The Labute approximate surface area is 225 Å². The van der Waals surface area contributed by atoms with Gasteiger partial charge in [0, 0.05) is 43.0 Å². The smallest absolute Gasteiger partial charge is 0.157 e. The molecular weight excluding hydrogens is 484 g/mol. The molecular formula is C31H37ClN2O3. The molecule has 0 spiro atoms. The van der Waals surface area contributed by atoms with E-state index in [1.165, 1.54) is 23.2 Å². The van der Waals surface area contributed by atoms with Gasteiger partial charge >= 0.3 is 0 Å². The van der Waals surface area contributed by atoms with E-state index in [1.807, 2.05) is 12.1 Å². The number of ether oxygens (including phenoxy) is 3. The summed E-state index contributed by atoms with van der Waals surface area (Å²) < 4.78 is 17.4. The maximum absolute atomic E-state index is 6.22. The Morgan fingerprint density at radius 1 is 0.892 bits per heavy atom. The van der Waals surface area contributed by atoms with Gasteiger partial charge in [0.05, 0.1) is 12.6 Å².